The van der Waals surface area contributed by atoms with Crippen molar-refractivity contribution < 1.29 is 23.9 Å². The second kappa shape index (κ2) is 9.00. The first-order valence-corrected chi connectivity index (χ1v) is 9.79. The molecule has 1 N–H and O–H groups in total. The number of esters is 1. The SMILES string of the molecule is CCOc1ccc(NC2=C(Cl)C(=O)N(c3cccc(C(=O)OC(C)C)c3)C2=O)cc1. The largest absolute Gasteiger partial charge is 0.494 e. The molecule has 0 spiro atoms. The highest BCUT2D eigenvalue weighted by Gasteiger charge is 2.39. The molecular weight excluding hydrogens is 408 g/mol. The maximum atomic E-state index is 12.9. The molecule has 0 aliphatic carbocycles. The Morgan fingerprint density at radius 3 is 2.43 bits per heavy atom. The molecule has 0 saturated carbocycles. The summed E-state index contributed by atoms with van der Waals surface area (Å²) in [7, 11) is 0. The van der Waals surface area contributed by atoms with Crippen LogP contribution in [0.2, 0.25) is 0 Å². The number of carbonyl (C=O) groups excluding carboxylic acids is 3. The first kappa shape index (κ1) is 21.4. The van der Waals surface area contributed by atoms with Gasteiger partial charge >= 0.3 is 5.97 Å². The second-order valence-electron chi connectivity index (χ2n) is 6.72. The van der Waals surface area contributed by atoms with E-state index in [9.17, 15) is 14.4 Å². The number of rotatable bonds is 7. The molecule has 0 aromatic heterocycles. The van der Waals surface area contributed by atoms with Crippen LogP contribution in [0.5, 0.6) is 5.75 Å². The number of hydrogen-bond donors (Lipinski definition) is 1. The number of benzene rings is 2. The van der Waals surface area contributed by atoms with Gasteiger partial charge in [0.05, 0.1) is 24.0 Å². The van der Waals surface area contributed by atoms with Gasteiger partial charge in [-0.05, 0) is 63.2 Å². The van der Waals surface area contributed by atoms with Crippen LogP contribution >= 0.6 is 11.6 Å². The third-order valence-electron chi connectivity index (χ3n) is 4.14. The third kappa shape index (κ3) is 4.46. The van der Waals surface area contributed by atoms with Gasteiger partial charge in [0.1, 0.15) is 16.5 Å². The lowest BCUT2D eigenvalue weighted by molar-refractivity contribution is -0.120. The van der Waals surface area contributed by atoms with Crippen LogP contribution in [0.15, 0.2) is 59.3 Å². The molecule has 30 heavy (non-hydrogen) atoms. The monoisotopic (exact) mass is 428 g/mol. The average molecular weight is 429 g/mol. The van der Waals surface area contributed by atoms with Crippen molar-refractivity contribution in [3.05, 3.63) is 64.8 Å². The van der Waals surface area contributed by atoms with E-state index in [1.165, 1.54) is 6.07 Å². The van der Waals surface area contributed by atoms with Gasteiger partial charge in [0.2, 0.25) is 0 Å². The van der Waals surface area contributed by atoms with Crippen LogP contribution in [0, 0.1) is 0 Å². The van der Waals surface area contributed by atoms with E-state index in [2.05, 4.69) is 5.32 Å². The van der Waals surface area contributed by atoms with E-state index in [1.807, 2.05) is 6.92 Å². The van der Waals surface area contributed by atoms with Crippen molar-refractivity contribution in [3.8, 4) is 5.75 Å². The minimum atomic E-state index is -0.676. The van der Waals surface area contributed by atoms with E-state index in [0.717, 1.165) is 4.90 Å². The summed E-state index contributed by atoms with van der Waals surface area (Å²) in [5.41, 5.74) is 0.987. The number of amides is 2. The summed E-state index contributed by atoms with van der Waals surface area (Å²) < 4.78 is 10.6. The molecule has 1 aliphatic heterocycles. The van der Waals surface area contributed by atoms with Crippen LogP contribution in [0.1, 0.15) is 31.1 Å². The van der Waals surface area contributed by atoms with E-state index >= 15 is 0 Å². The van der Waals surface area contributed by atoms with Gasteiger partial charge in [0.15, 0.2) is 0 Å². The predicted octanol–water partition coefficient (Wildman–Crippen LogP) is 4.09. The van der Waals surface area contributed by atoms with E-state index in [1.54, 1.807) is 56.3 Å². The summed E-state index contributed by atoms with van der Waals surface area (Å²) in [6.45, 7) is 5.89. The minimum Gasteiger partial charge on any atom is -0.494 e. The van der Waals surface area contributed by atoms with Gasteiger partial charge in [0.25, 0.3) is 11.8 Å². The molecule has 0 bridgehead atoms. The van der Waals surface area contributed by atoms with Crippen molar-refractivity contribution >= 4 is 40.8 Å². The van der Waals surface area contributed by atoms with E-state index in [0.29, 0.717) is 18.0 Å². The minimum absolute atomic E-state index is 0.0408. The highest BCUT2D eigenvalue weighted by Crippen LogP contribution is 2.31. The number of hydrogen-bond acceptors (Lipinski definition) is 6. The van der Waals surface area contributed by atoms with Gasteiger partial charge in [-0.1, -0.05) is 17.7 Å². The summed E-state index contributed by atoms with van der Waals surface area (Å²) in [6.07, 6.45) is -0.294. The van der Waals surface area contributed by atoms with Crippen molar-refractivity contribution in [2.45, 2.75) is 26.9 Å². The summed E-state index contributed by atoms with van der Waals surface area (Å²) in [4.78, 5) is 38.7. The van der Waals surface area contributed by atoms with Gasteiger partial charge in [-0.15, -0.1) is 0 Å². The van der Waals surface area contributed by atoms with Gasteiger partial charge in [-0.2, -0.15) is 0 Å². The number of halogens is 1. The van der Waals surface area contributed by atoms with Crippen molar-refractivity contribution in [2.24, 2.45) is 0 Å². The Morgan fingerprint density at radius 1 is 1.10 bits per heavy atom. The molecule has 2 aromatic rings. The van der Waals surface area contributed by atoms with Crippen molar-refractivity contribution in [3.63, 3.8) is 0 Å². The van der Waals surface area contributed by atoms with Crippen molar-refractivity contribution in [2.75, 3.05) is 16.8 Å². The summed E-state index contributed by atoms with van der Waals surface area (Å²) >= 11 is 6.16. The van der Waals surface area contributed by atoms with E-state index in [4.69, 9.17) is 21.1 Å². The second-order valence-corrected chi connectivity index (χ2v) is 7.10. The molecule has 1 aliphatic rings. The van der Waals surface area contributed by atoms with Crippen LogP contribution in [-0.2, 0) is 14.3 Å². The first-order valence-electron chi connectivity index (χ1n) is 9.41. The highest BCUT2D eigenvalue weighted by molar-refractivity contribution is 6.53. The highest BCUT2D eigenvalue weighted by atomic mass is 35.5. The maximum Gasteiger partial charge on any atom is 0.338 e. The first-order chi connectivity index (χ1) is 14.3. The Bertz CT molecular complexity index is 1010. The Hall–Kier alpha value is -3.32. The molecule has 2 aromatic carbocycles. The number of ether oxygens (including phenoxy) is 2. The van der Waals surface area contributed by atoms with Crippen LogP contribution in [0.25, 0.3) is 0 Å². The van der Waals surface area contributed by atoms with Gasteiger partial charge in [-0.3, -0.25) is 9.59 Å². The molecule has 0 saturated heterocycles. The number of anilines is 2. The molecule has 0 radical (unpaired) electrons. The fraction of sp³-hybridized carbons (Fsp3) is 0.227. The zero-order chi connectivity index (χ0) is 21.8. The normalized spacial score (nSPS) is 13.8. The summed E-state index contributed by atoms with van der Waals surface area (Å²) in [5.74, 6) is -1.15. The van der Waals surface area contributed by atoms with Crippen molar-refractivity contribution in [1.29, 1.82) is 0 Å². The lowest BCUT2D eigenvalue weighted by atomic mass is 10.2. The van der Waals surface area contributed by atoms with E-state index in [-0.39, 0.29) is 28.1 Å². The number of imide groups is 1. The summed E-state index contributed by atoms with van der Waals surface area (Å²) in [5, 5.41) is 2.66. The average Bonchev–Trinajstić information content (AvgIpc) is 2.92. The standard InChI is InChI=1S/C22H21ClN2O5/c1-4-29-17-10-8-15(9-11-17)24-19-18(23)20(26)25(21(19)27)16-7-5-6-14(12-16)22(28)30-13(2)3/h5-13,24H,4H2,1-3H3. The molecule has 0 unspecified atom stereocenters. The van der Waals surface area contributed by atoms with Crippen LogP contribution in [0.3, 0.4) is 0 Å². The molecule has 0 atom stereocenters. The predicted molar refractivity (Wildman–Crippen MR) is 114 cm³/mol. The topological polar surface area (TPSA) is 84.9 Å². The Labute approximate surface area is 179 Å². The van der Waals surface area contributed by atoms with Gasteiger partial charge in [-0.25, -0.2) is 9.69 Å². The lowest BCUT2D eigenvalue weighted by Crippen LogP contribution is -2.32. The van der Waals surface area contributed by atoms with Gasteiger partial charge in [0, 0.05) is 5.69 Å². The fourth-order valence-corrected chi connectivity index (χ4v) is 3.06. The molecule has 8 heteroatoms. The molecule has 156 valence electrons. The molecular formula is C22H21ClN2O5. The zero-order valence-electron chi connectivity index (χ0n) is 16.8. The van der Waals surface area contributed by atoms with Crippen LogP contribution in [0.4, 0.5) is 11.4 Å². The lowest BCUT2D eigenvalue weighted by Gasteiger charge is -2.16. The van der Waals surface area contributed by atoms with E-state index < -0.39 is 17.8 Å². The van der Waals surface area contributed by atoms with Crippen LogP contribution < -0.4 is 15.0 Å². The van der Waals surface area contributed by atoms with Crippen LogP contribution in [-0.4, -0.2) is 30.5 Å². The van der Waals surface area contributed by atoms with Gasteiger partial charge < -0.3 is 14.8 Å². The molecule has 2 amide bonds. The maximum absolute atomic E-state index is 12.9. The Balaban J connectivity index is 1.82. The number of nitrogens with zero attached hydrogens (tertiary/aromatic N) is 1. The van der Waals surface area contributed by atoms with Crippen molar-refractivity contribution in [1.82, 2.24) is 0 Å². The molecule has 0 fully saturated rings. The quantitative estimate of drug-likeness (QED) is 0.528. The number of carbonyl (C=O) groups is 3. The molecule has 3 rings (SSSR count). The zero-order valence-corrected chi connectivity index (χ0v) is 17.5. The third-order valence-corrected chi connectivity index (χ3v) is 4.50. The summed E-state index contributed by atoms with van der Waals surface area (Å²) in [6, 6.07) is 13.0. The Kier molecular flexibility index (Phi) is 6.42. The number of nitrogens with one attached hydrogen (secondary N) is 1. The smallest absolute Gasteiger partial charge is 0.338 e. The molecule has 7 nitrogen and oxygen atoms in total. The fourth-order valence-electron chi connectivity index (χ4n) is 2.85. The Morgan fingerprint density at radius 2 is 1.80 bits per heavy atom. The molecule has 1 heterocycles.